The highest BCUT2D eigenvalue weighted by Crippen LogP contribution is 2.25. The van der Waals surface area contributed by atoms with Gasteiger partial charge in [-0.1, -0.05) is 60.3 Å². The van der Waals surface area contributed by atoms with Crippen LogP contribution in [0, 0.1) is 0 Å². The van der Waals surface area contributed by atoms with Gasteiger partial charge in [-0.05, 0) is 27.8 Å². The number of fused-ring (bicyclic) bond motifs is 1. The number of thioether (sulfide) groups is 1. The Kier molecular flexibility index (Phi) is 4.63. The zero-order valence-electron chi connectivity index (χ0n) is 13.3. The summed E-state index contributed by atoms with van der Waals surface area (Å²) in [4.78, 5) is 15.1. The van der Waals surface area contributed by atoms with Gasteiger partial charge in [0, 0.05) is 4.88 Å². The largest absolute Gasteiger partial charge is 0.285 e. The number of amides is 1. The van der Waals surface area contributed by atoms with Crippen molar-refractivity contribution in [1.29, 1.82) is 0 Å². The lowest BCUT2D eigenvalue weighted by Crippen LogP contribution is -2.28. The van der Waals surface area contributed by atoms with Gasteiger partial charge in [0.2, 0.25) is 5.91 Å². The highest BCUT2D eigenvalue weighted by molar-refractivity contribution is 8.15. The van der Waals surface area contributed by atoms with E-state index in [-0.39, 0.29) is 5.91 Å². The molecule has 1 saturated heterocycles. The van der Waals surface area contributed by atoms with Crippen LogP contribution in [0.5, 0.6) is 0 Å². The van der Waals surface area contributed by atoms with Gasteiger partial charge in [-0.3, -0.25) is 9.69 Å². The molecule has 0 unspecified atom stereocenters. The van der Waals surface area contributed by atoms with E-state index in [0.717, 1.165) is 15.8 Å². The summed E-state index contributed by atoms with van der Waals surface area (Å²) in [6.45, 7) is 0.514. The summed E-state index contributed by atoms with van der Waals surface area (Å²) in [5.41, 5.74) is 1.11. The molecular formula is C19H15N3OS2. The number of hydrogen-bond donors (Lipinski definition) is 0. The van der Waals surface area contributed by atoms with E-state index in [1.165, 1.54) is 17.1 Å². The fraction of sp³-hybridized carbons (Fsp3) is 0.105. The fourth-order valence-electron chi connectivity index (χ4n) is 2.73. The lowest BCUT2D eigenvalue weighted by Gasteiger charge is -2.16. The van der Waals surface area contributed by atoms with Gasteiger partial charge >= 0.3 is 0 Å². The van der Waals surface area contributed by atoms with Crippen LogP contribution in [-0.2, 0) is 11.3 Å². The molecular weight excluding hydrogens is 350 g/mol. The van der Waals surface area contributed by atoms with Crippen molar-refractivity contribution in [2.24, 2.45) is 10.2 Å². The molecule has 0 saturated carbocycles. The third kappa shape index (κ3) is 3.50. The van der Waals surface area contributed by atoms with Crippen LogP contribution in [0.3, 0.4) is 0 Å². The lowest BCUT2D eigenvalue weighted by molar-refractivity contribution is -0.124. The van der Waals surface area contributed by atoms with Gasteiger partial charge in [0.1, 0.15) is 0 Å². The SMILES string of the molecule is O=C1CS/C(=N\N=C/c2cccs2)N1Cc1cccc2ccccc12. The van der Waals surface area contributed by atoms with E-state index in [0.29, 0.717) is 17.5 Å². The molecule has 1 amide bonds. The summed E-state index contributed by atoms with van der Waals surface area (Å²) in [5.74, 6) is 0.487. The summed E-state index contributed by atoms with van der Waals surface area (Å²) in [6.07, 6.45) is 1.72. The number of carbonyl (C=O) groups excluding carboxylic acids is 1. The van der Waals surface area contributed by atoms with Crippen molar-refractivity contribution in [3.63, 3.8) is 0 Å². The highest BCUT2D eigenvalue weighted by Gasteiger charge is 2.28. The standard InChI is InChI=1S/C19H15N3OS2/c23-18-13-25-19(21-20-11-16-8-4-10-24-16)22(18)12-15-7-3-6-14-5-1-2-9-17(14)15/h1-11H,12-13H2/b20-11-,21-19-. The topological polar surface area (TPSA) is 45.0 Å². The number of rotatable bonds is 4. The minimum Gasteiger partial charge on any atom is -0.285 e. The van der Waals surface area contributed by atoms with E-state index in [1.54, 1.807) is 22.5 Å². The number of amidine groups is 1. The monoisotopic (exact) mass is 365 g/mol. The van der Waals surface area contributed by atoms with Crippen LogP contribution >= 0.6 is 23.1 Å². The van der Waals surface area contributed by atoms with Crippen molar-refractivity contribution in [3.05, 3.63) is 70.4 Å². The highest BCUT2D eigenvalue weighted by atomic mass is 32.2. The molecule has 3 aromatic rings. The van der Waals surface area contributed by atoms with Crippen molar-refractivity contribution >= 4 is 51.2 Å². The third-order valence-corrected chi connectivity index (χ3v) is 5.69. The summed E-state index contributed by atoms with van der Waals surface area (Å²) < 4.78 is 0. The molecule has 1 aliphatic rings. The minimum absolute atomic E-state index is 0.0722. The van der Waals surface area contributed by atoms with E-state index in [2.05, 4.69) is 34.5 Å². The lowest BCUT2D eigenvalue weighted by atomic mass is 10.0. The number of nitrogens with zero attached hydrogens (tertiary/aromatic N) is 3. The molecule has 6 heteroatoms. The van der Waals surface area contributed by atoms with Crippen LogP contribution in [0.2, 0.25) is 0 Å². The smallest absolute Gasteiger partial charge is 0.239 e. The zero-order chi connectivity index (χ0) is 17.1. The fourth-order valence-corrected chi connectivity index (χ4v) is 4.14. The van der Waals surface area contributed by atoms with E-state index in [9.17, 15) is 4.79 Å². The van der Waals surface area contributed by atoms with Crippen LogP contribution in [0.25, 0.3) is 10.8 Å². The first-order valence-corrected chi connectivity index (χ1v) is 9.72. The van der Waals surface area contributed by atoms with E-state index >= 15 is 0 Å². The first kappa shape index (κ1) is 16.1. The molecule has 0 atom stereocenters. The molecule has 4 nitrogen and oxygen atoms in total. The normalized spacial score (nSPS) is 16.6. The molecule has 1 aromatic heterocycles. The molecule has 0 aliphatic carbocycles. The molecule has 0 spiro atoms. The molecule has 0 radical (unpaired) electrons. The molecule has 4 rings (SSSR count). The van der Waals surface area contributed by atoms with Gasteiger partial charge < -0.3 is 0 Å². The number of hydrogen-bond acceptors (Lipinski definition) is 5. The van der Waals surface area contributed by atoms with Crippen molar-refractivity contribution in [2.75, 3.05) is 5.75 Å². The van der Waals surface area contributed by atoms with Crippen LogP contribution in [-0.4, -0.2) is 27.9 Å². The van der Waals surface area contributed by atoms with Crippen molar-refractivity contribution in [3.8, 4) is 0 Å². The molecule has 1 fully saturated rings. The summed E-state index contributed by atoms with van der Waals surface area (Å²) in [5, 5.41) is 13.4. The molecule has 2 aromatic carbocycles. The second-order valence-electron chi connectivity index (χ2n) is 5.55. The predicted octanol–water partition coefficient (Wildman–Crippen LogP) is 4.37. The molecule has 0 N–H and O–H groups in total. The molecule has 2 heterocycles. The van der Waals surface area contributed by atoms with Gasteiger partial charge in [0.25, 0.3) is 0 Å². The van der Waals surface area contributed by atoms with Gasteiger partial charge in [0.15, 0.2) is 5.17 Å². The van der Waals surface area contributed by atoms with Gasteiger partial charge in [-0.15, -0.1) is 16.4 Å². The first-order valence-electron chi connectivity index (χ1n) is 7.85. The molecule has 124 valence electrons. The van der Waals surface area contributed by atoms with Crippen LogP contribution in [0.15, 0.2) is 70.2 Å². The number of thiophene rings is 1. The van der Waals surface area contributed by atoms with E-state index in [1.807, 2.05) is 35.7 Å². The Balaban J connectivity index is 1.60. The Bertz CT molecular complexity index is 958. The van der Waals surface area contributed by atoms with E-state index < -0.39 is 0 Å². The molecule has 25 heavy (non-hydrogen) atoms. The van der Waals surface area contributed by atoms with Crippen molar-refractivity contribution in [1.82, 2.24) is 4.90 Å². The second-order valence-corrected chi connectivity index (χ2v) is 7.47. The van der Waals surface area contributed by atoms with Crippen LogP contribution in [0.4, 0.5) is 0 Å². The maximum atomic E-state index is 12.3. The Hall–Kier alpha value is -2.44. The van der Waals surface area contributed by atoms with Crippen molar-refractivity contribution in [2.45, 2.75) is 6.54 Å². The number of carbonyl (C=O) groups is 1. The molecule has 1 aliphatic heterocycles. The van der Waals surface area contributed by atoms with Crippen molar-refractivity contribution < 1.29 is 4.79 Å². The Morgan fingerprint density at radius 1 is 1.08 bits per heavy atom. The van der Waals surface area contributed by atoms with Gasteiger partial charge in [-0.2, -0.15) is 5.10 Å². The van der Waals surface area contributed by atoms with Gasteiger partial charge in [0.05, 0.1) is 18.5 Å². The van der Waals surface area contributed by atoms with Crippen LogP contribution in [0.1, 0.15) is 10.4 Å². The second kappa shape index (κ2) is 7.21. The Morgan fingerprint density at radius 3 is 2.84 bits per heavy atom. The number of benzene rings is 2. The average molecular weight is 365 g/mol. The minimum atomic E-state index is 0.0722. The zero-order valence-corrected chi connectivity index (χ0v) is 15.0. The third-order valence-electron chi connectivity index (χ3n) is 3.94. The quantitative estimate of drug-likeness (QED) is 0.509. The first-order chi connectivity index (χ1) is 12.3. The maximum absolute atomic E-state index is 12.3. The molecule has 0 bridgehead atoms. The van der Waals surface area contributed by atoms with E-state index in [4.69, 9.17) is 0 Å². The van der Waals surface area contributed by atoms with Gasteiger partial charge in [-0.25, -0.2) is 0 Å². The predicted molar refractivity (Wildman–Crippen MR) is 106 cm³/mol. The Morgan fingerprint density at radius 2 is 1.96 bits per heavy atom. The summed E-state index contributed by atoms with van der Waals surface area (Å²) >= 11 is 3.04. The maximum Gasteiger partial charge on any atom is 0.239 e. The summed E-state index contributed by atoms with van der Waals surface area (Å²) in [7, 11) is 0. The Labute approximate surface area is 153 Å². The van der Waals surface area contributed by atoms with Crippen LogP contribution < -0.4 is 0 Å². The average Bonchev–Trinajstić information content (AvgIpc) is 3.27. The summed E-state index contributed by atoms with van der Waals surface area (Å²) in [6, 6.07) is 18.3.